The van der Waals surface area contributed by atoms with Gasteiger partial charge in [0.2, 0.25) is 17.7 Å². The smallest absolute Gasteiger partial charge is 0.250 e. The highest BCUT2D eigenvalue weighted by molar-refractivity contribution is 9.10. The molecule has 3 fully saturated rings. The van der Waals surface area contributed by atoms with E-state index < -0.39 is 17.4 Å². The first-order valence-corrected chi connectivity index (χ1v) is 11.1. The van der Waals surface area contributed by atoms with Gasteiger partial charge in [-0.15, -0.1) is 0 Å². The summed E-state index contributed by atoms with van der Waals surface area (Å²) in [6.07, 6.45) is 1.69. The van der Waals surface area contributed by atoms with E-state index in [2.05, 4.69) is 26.1 Å². The molecule has 1 spiro atoms. The monoisotopic (exact) mass is 485 g/mol. The van der Waals surface area contributed by atoms with Crippen LogP contribution in [0.1, 0.15) is 18.4 Å². The zero-order valence-electron chi connectivity index (χ0n) is 15.8. The fourth-order valence-corrected chi connectivity index (χ4v) is 6.59. The van der Waals surface area contributed by atoms with Crippen LogP contribution < -0.4 is 10.2 Å². The van der Waals surface area contributed by atoms with Gasteiger partial charge in [-0.25, -0.2) is 4.90 Å². The second-order valence-corrected chi connectivity index (χ2v) is 9.66. The van der Waals surface area contributed by atoms with Crippen LogP contribution in [-0.2, 0) is 19.9 Å². The molecule has 1 N–H and O–H groups in total. The van der Waals surface area contributed by atoms with Gasteiger partial charge in [-0.3, -0.25) is 19.3 Å². The first-order chi connectivity index (χ1) is 14.4. The van der Waals surface area contributed by atoms with Crippen LogP contribution in [-0.4, -0.2) is 35.2 Å². The average molecular weight is 487 g/mol. The molecule has 0 aliphatic carbocycles. The van der Waals surface area contributed by atoms with Crippen LogP contribution in [0.25, 0.3) is 0 Å². The number of hydrogen-bond acceptors (Lipinski definition) is 4. The number of halogens is 2. The van der Waals surface area contributed by atoms with E-state index >= 15 is 0 Å². The molecule has 0 aromatic heterocycles. The summed E-state index contributed by atoms with van der Waals surface area (Å²) < 4.78 is 0.833. The molecule has 4 heterocycles. The summed E-state index contributed by atoms with van der Waals surface area (Å²) in [4.78, 5) is 44.2. The van der Waals surface area contributed by atoms with Crippen molar-refractivity contribution in [1.29, 1.82) is 0 Å². The van der Waals surface area contributed by atoms with E-state index in [1.54, 1.807) is 24.3 Å². The maximum atomic E-state index is 13.8. The molecule has 6 nitrogen and oxygen atoms in total. The summed E-state index contributed by atoms with van der Waals surface area (Å²) in [5.74, 6) is -2.09. The molecule has 30 heavy (non-hydrogen) atoms. The van der Waals surface area contributed by atoms with Crippen molar-refractivity contribution in [2.24, 2.45) is 11.8 Å². The highest BCUT2D eigenvalue weighted by Gasteiger charge is 2.74. The number of nitrogens with zero attached hydrogens (tertiary/aromatic N) is 2. The Morgan fingerprint density at radius 2 is 1.93 bits per heavy atom. The summed E-state index contributed by atoms with van der Waals surface area (Å²) >= 11 is 9.64. The number of carbonyl (C=O) groups is 3. The molecule has 6 rings (SSSR count). The zero-order valence-corrected chi connectivity index (χ0v) is 18.1. The molecule has 0 radical (unpaired) electrons. The van der Waals surface area contributed by atoms with Gasteiger partial charge in [-0.1, -0.05) is 33.6 Å². The summed E-state index contributed by atoms with van der Waals surface area (Å²) in [6, 6.07) is 12.2. The summed E-state index contributed by atoms with van der Waals surface area (Å²) in [5.41, 5.74) is 0.774. The highest BCUT2D eigenvalue weighted by atomic mass is 79.9. The second kappa shape index (κ2) is 6.15. The van der Waals surface area contributed by atoms with E-state index in [1.807, 2.05) is 18.2 Å². The summed E-state index contributed by atoms with van der Waals surface area (Å²) in [7, 11) is 0. The minimum Gasteiger partial charge on any atom is -0.324 e. The van der Waals surface area contributed by atoms with E-state index in [0.717, 1.165) is 22.9 Å². The number of benzene rings is 2. The van der Waals surface area contributed by atoms with Crippen LogP contribution >= 0.6 is 27.5 Å². The quantitative estimate of drug-likeness (QED) is 0.626. The van der Waals surface area contributed by atoms with Crippen molar-refractivity contribution in [3.63, 3.8) is 0 Å². The van der Waals surface area contributed by atoms with Crippen LogP contribution in [0.15, 0.2) is 46.9 Å². The second-order valence-electron chi connectivity index (χ2n) is 8.31. The van der Waals surface area contributed by atoms with E-state index in [4.69, 9.17) is 11.6 Å². The molecule has 0 bridgehead atoms. The van der Waals surface area contributed by atoms with Gasteiger partial charge >= 0.3 is 0 Å². The minimum atomic E-state index is -1.16. The number of rotatable bonds is 1. The van der Waals surface area contributed by atoms with Crippen LogP contribution in [0.2, 0.25) is 5.02 Å². The van der Waals surface area contributed by atoms with E-state index in [1.165, 1.54) is 4.90 Å². The number of carbonyl (C=O) groups excluding carboxylic acids is 3. The molecular formula is C22H17BrClN3O3. The van der Waals surface area contributed by atoms with Crippen molar-refractivity contribution in [3.8, 4) is 0 Å². The molecule has 0 saturated carbocycles. The lowest BCUT2D eigenvalue weighted by molar-refractivity contribution is -0.135. The maximum absolute atomic E-state index is 13.8. The van der Waals surface area contributed by atoms with Crippen LogP contribution in [0.5, 0.6) is 0 Å². The third kappa shape index (κ3) is 2.10. The third-order valence-electron chi connectivity index (χ3n) is 7.02. The molecule has 3 amide bonds. The van der Waals surface area contributed by atoms with Gasteiger partial charge in [-0.05, 0) is 55.8 Å². The summed E-state index contributed by atoms with van der Waals surface area (Å²) in [5, 5.41) is 3.43. The van der Waals surface area contributed by atoms with Gasteiger partial charge in [0.1, 0.15) is 5.54 Å². The van der Waals surface area contributed by atoms with Gasteiger partial charge in [-0.2, -0.15) is 0 Å². The first kappa shape index (κ1) is 18.5. The fraction of sp³-hybridized carbons (Fsp3) is 0.318. The van der Waals surface area contributed by atoms with E-state index in [-0.39, 0.29) is 23.8 Å². The lowest BCUT2D eigenvalue weighted by Crippen LogP contribution is -2.54. The Kier molecular flexibility index (Phi) is 3.80. The Bertz CT molecular complexity index is 1150. The number of fused-ring (bicyclic) bond motifs is 7. The van der Waals surface area contributed by atoms with Crippen molar-refractivity contribution >= 4 is 56.6 Å². The molecule has 4 aliphatic heterocycles. The predicted octanol–water partition coefficient (Wildman–Crippen LogP) is 3.53. The predicted molar refractivity (Wildman–Crippen MR) is 115 cm³/mol. The van der Waals surface area contributed by atoms with Crippen molar-refractivity contribution in [2.75, 3.05) is 16.8 Å². The van der Waals surface area contributed by atoms with Crippen molar-refractivity contribution < 1.29 is 14.4 Å². The molecule has 2 aromatic carbocycles. The number of anilines is 2. The van der Waals surface area contributed by atoms with Crippen molar-refractivity contribution in [2.45, 2.75) is 24.4 Å². The molecule has 152 valence electrons. The Labute approximate surface area is 186 Å². The Balaban J connectivity index is 1.57. The Hall–Kier alpha value is -2.22. The summed E-state index contributed by atoms with van der Waals surface area (Å²) in [6.45, 7) is 0.689. The molecule has 8 heteroatoms. The standard InChI is InChI=1S/C22H17BrClN3O3/c23-11-6-7-15-14(9-11)22(21(30)25-15)18-17(16-5-2-8-26(16)22)19(28)27(20(18)29)13-4-1-3-12(24)10-13/h1,3-4,6-7,9-10,16-18H,2,5,8H2,(H,25,30)/t16-,17+,18+,22+/m1/s1. The van der Waals surface area contributed by atoms with Gasteiger partial charge in [0.25, 0.3) is 0 Å². The normalized spacial score (nSPS) is 32.0. The van der Waals surface area contributed by atoms with Crippen molar-refractivity contribution in [1.82, 2.24) is 4.90 Å². The van der Waals surface area contributed by atoms with Crippen LogP contribution in [0.4, 0.5) is 11.4 Å². The lowest BCUT2D eigenvalue weighted by atomic mass is 9.75. The maximum Gasteiger partial charge on any atom is 0.250 e. The van der Waals surface area contributed by atoms with E-state index in [9.17, 15) is 14.4 Å². The first-order valence-electron chi connectivity index (χ1n) is 9.96. The molecule has 4 atom stereocenters. The van der Waals surface area contributed by atoms with E-state index in [0.29, 0.717) is 22.9 Å². The molecule has 2 aromatic rings. The average Bonchev–Trinajstić information content (AvgIpc) is 3.40. The zero-order chi connectivity index (χ0) is 20.8. The minimum absolute atomic E-state index is 0.133. The third-order valence-corrected chi connectivity index (χ3v) is 7.75. The number of nitrogens with one attached hydrogen (secondary N) is 1. The molecular weight excluding hydrogens is 470 g/mol. The number of imide groups is 1. The van der Waals surface area contributed by atoms with Gasteiger partial charge in [0.15, 0.2) is 0 Å². The van der Waals surface area contributed by atoms with Gasteiger partial charge < -0.3 is 5.32 Å². The van der Waals surface area contributed by atoms with Gasteiger partial charge in [0.05, 0.1) is 17.5 Å². The number of amides is 3. The molecule has 3 saturated heterocycles. The Morgan fingerprint density at radius 1 is 1.10 bits per heavy atom. The Morgan fingerprint density at radius 3 is 2.73 bits per heavy atom. The highest BCUT2D eigenvalue weighted by Crippen LogP contribution is 2.60. The SMILES string of the molecule is O=C1[C@H]2[C@H]3CCCN3[C@]3(C(=O)Nc4ccc(Br)cc43)[C@@H]2C(=O)N1c1cccc(Cl)c1. The lowest BCUT2D eigenvalue weighted by Gasteiger charge is -2.36. The van der Waals surface area contributed by atoms with Crippen LogP contribution in [0, 0.1) is 11.8 Å². The van der Waals surface area contributed by atoms with Gasteiger partial charge in [0, 0.05) is 26.8 Å². The molecule has 0 unspecified atom stereocenters. The number of hydrogen-bond donors (Lipinski definition) is 1. The molecule has 4 aliphatic rings. The van der Waals surface area contributed by atoms with Crippen molar-refractivity contribution in [3.05, 3.63) is 57.5 Å². The topological polar surface area (TPSA) is 69.7 Å². The largest absolute Gasteiger partial charge is 0.324 e. The van der Waals surface area contributed by atoms with Crippen LogP contribution in [0.3, 0.4) is 0 Å². The fourth-order valence-electron chi connectivity index (χ4n) is 6.04.